The smallest absolute Gasteiger partial charge is 0.0553 e. The van der Waals surface area contributed by atoms with Gasteiger partial charge in [0.1, 0.15) is 0 Å². The van der Waals surface area contributed by atoms with Crippen LogP contribution in [0.4, 0.5) is 0 Å². The van der Waals surface area contributed by atoms with Crippen molar-refractivity contribution in [2.45, 2.75) is 0 Å². The van der Waals surface area contributed by atoms with Gasteiger partial charge in [0.2, 0.25) is 0 Å². The third kappa shape index (κ3) is 4.80. The molecule has 0 fully saturated rings. The predicted molar refractivity (Wildman–Crippen MR) is 30.0 cm³/mol. The van der Waals surface area contributed by atoms with Crippen LogP contribution in [0.15, 0.2) is 0 Å². The van der Waals surface area contributed by atoms with Crippen LogP contribution >= 0.6 is 23.2 Å². The Kier molecular flexibility index (Phi) is 5.56. The van der Waals surface area contributed by atoms with Crippen LogP contribution in [0.25, 0.3) is 0 Å². The van der Waals surface area contributed by atoms with Crippen molar-refractivity contribution >= 4 is 32.7 Å². The summed E-state index contributed by atoms with van der Waals surface area (Å²) in [5.74, 6) is 0. The molecule has 0 aromatic heterocycles. The molecule has 5 heavy (non-hydrogen) atoms. The summed E-state index contributed by atoms with van der Waals surface area (Å²) >= 11 is 10.6. The fourth-order valence-electron chi connectivity index (χ4n) is 0.0505. The summed E-state index contributed by atoms with van der Waals surface area (Å²) in [5.41, 5.74) is 1.65. The first kappa shape index (κ1) is 5.80. The number of hydrogen-bond donors (Lipinski definition) is 0. The average Bonchev–Trinajstić information content (AvgIpc) is 1.41. The summed E-state index contributed by atoms with van der Waals surface area (Å²) < 4.78 is 0. The maximum atomic E-state index is 5.28. The van der Waals surface area contributed by atoms with Gasteiger partial charge >= 0.3 is 0 Å². The standard InChI is InChI=1S/C2H6Cl2Si/c3-1-5-2-4/h1-2,5H2. The van der Waals surface area contributed by atoms with Gasteiger partial charge in [-0.05, 0) is 0 Å². The third-order valence-electron chi connectivity index (χ3n) is 0.267. The second kappa shape index (κ2) is 4.80. The van der Waals surface area contributed by atoms with Gasteiger partial charge in [0.25, 0.3) is 0 Å². The molecule has 3 heteroatoms. The van der Waals surface area contributed by atoms with Crippen LogP contribution < -0.4 is 0 Å². The molecule has 0 aliphatic carbocycles. The second-order valence-electron chi connectivity index (χ2n) is 0.732. The van der Waals surface area contributed by atoms with Gasteiger partial charge in [-0.3, -0.25) is 0 Å². The van der Waals surface area contributed by atoms with Gasteiger partial charge in [-0.1, -0.05) is 0 Å². The zero-order valence-electron chi connectivity index (χ0n) is 2.88. The molecule has 0 aromatic rings. The third-order valence-corrected chi connectivity index (χ3v) is 2.41. The Labute approximate surface area is 44.3 Å². The molecule has 0 heterocycles. The van der Waals surface area contributed by atoms with Gasteiger partial charge in [-0.25, -0.2) is 0 Å². The second-order valence-corrected chi connectivity index (χ2v) is 4.46. The molecular formula is C2H6Cl2Si. The first-order valence-electron chi connectivity index (χ1n) is 1.53. The highest BCUT2D eigenvalue weighted by molar-refractivity contribution is 6.58. The van der Waals surface area contributed by atoms with E-state index in [1.807, 2.05) is 0 Å². The molecule has 0 atom stereocenters. The summed E-state index contributed by atoms with van der Waals surface area (Å²) in [4.78, 5) is 0. The molecule has 32 valence electrons. The van der Waals surface area contributed by atoms with Crippen molar-refractivity contribution in [2.75, 3.05) is 11.0 Å². The van der Waals surface area contributed by atoms with Crippen molar-refractivity contribution in [1.82, 2.24) is 0 Å². The van der Waals surface area contributed by atoms with Crippen LogP contribution in [-0.4, -0.2) is 20.5 Å². The Balaban J connectivity index is 2.19. The SMILES string of the molecule is ClC[SiH2]CCl. The zero-order valence-corrected chi connectivity index (χ0v) is 5.80. The molecule has 0 amide bonds. The first-order valence-corrected chi connectivity index (χ1v) is 4.60. The molecule has 0 N–H and O–H groups in total. The maximum Gasteiger partial charge on any atom is 0.0553 e. The van der Waals surface area contributed by atoms with E-state index in [1.54, 1.807) is 0 Å². The molecule has 0 aromatic carbocycles. The van der Waals surface area contributed by atoms with E-state index in [0.29, 0.717) is 0 Å². The lowest BCUT2D eigenvalue weighted by atomic mass is 11.8. The summed E-state index contributed by atoms with van der Waals surface area (Å²) in [6.07, 6.45) is 0. The van der Waals surface area contributed by atoms with E-state index in [1.165, 1.54) is 0 Å². The molecule has 0 rings (SSSR count). The van der Waals surface area contributed by atoms with Gasteiger partial charge in [-0.2, -0.15) is 0 Å². The average molecular weight is 129 g/mol. The largest absolute Gasteiger partial charge is 0.131 e. The molecule has 0 nitrogen and oxygen atoms in total. The maximum absolute atomic E-state index is 5.28. The highest BCUT2D eigenvalue weighted by Gasteiger charge is 1.74. The van der Waals surface area contributed by atoms with E-state index in [9.17, 15) is 0 Å². The monoisotopic (exact) mass is 128 g/mol. The van der Waals surface area contributed by atoms with E-state index < -0.39 is 0 Å². The normalized spacial score (nSPS) is 8.40. The Bertz CT molecular complexity index is 15.1. The van der Waals surface area contributed by atoms with Crippen molar-refractivity contribution in [1.29, 1.82) is 0 Å². The zero-order chi connectivity index (χ0) is 4.12. The highest BCUT2D eigenvalue weighted by atomic mass is 35.5. The molecule has 0 spiro atoms. The molecule has 0 aliphatic rings. The Hall–Kier alpha value is 0.797. The van der Waals surface area contributed by atoms with Crippen LogP contribution in [0.3, 0.4) is 0 Å². The van der Waals surface area contributed by atoms with Crippen molar-refractivity contribution in [3.63, 3.8) is 0 Å². The van der Waals surface area contributed by atoms with Crippen LogP contribution in [0, 0.1) is 0 Å². The Morgan fingerprint density at radius 3 is 1.60 bits per heavy atom. The molecule has 0 radical (unpaired) electrons. The minimum absolute atomic E-state index is 0.0370. The van der Waals surface area contributed by atoms with Gasteiger partial charge < -0.3 is 0 Å². The molecule has 0 bridgehead atoms. The Morgan fingerprint density at radius 1 is 1.20 bits per heavy atom. The predicted octanol–water partition coefficient (Wildman–Crippen LogP) is 0.548. The van der Waals surface area contributed by atoms with Crippen LogP contribution in [0.1, 0.15) is 0 Å². The van der Waals surface area contributed by atoms with Gasteiger partial charge in [0.15, 0.2) is 0 Å². The molecule has 0 aliphatic heterocycles. The van der Waals surface area contributed by atoms with Crippen LogP contribution in [0.2, 0.25) is 0 Å². The lowest BCUT2D eigenvalue weighted by molar-refractivity contribution is 1.97. The molecular weight excluding hydrogens is 123 g/mol. The van der Waals surface area contributed by atoms with E-state index >= 15 is 0 Å². The lowest BCUT2D eigenvalue weighted by Gasteiger charge is -1.73. The number of halogens is 2. The van der Waals surface area contributed by atoms with Gasteiger partial charge in [0, 0.05) is 11.0 Å². The number of rotatable bonds is 2. The van der Waals surface area contributed by atoms with Crippen molar-refractivity contribution < 1.29 is 0 Å². The van der Waals surface area contributed by atoms with Crippen molar-refractivity contribution in [3.05, 3.63) is 0 Å². The fraction of sp³-hybridized carbons (Fsp3) is 1.00. The summed E-state index contributed by atoms with van der Waals surface area (Å²) in [6, 6.07) is 0. The first-order chi connectivity index (χ1) is 2.41. The van der Waals surface area contributed by atoms with E-state index in [-0.39, 0.29) is 9.52 Å². The topological polar surface area (TPSA) is 0 Å². The van der Waals surface area contributed by atoms with E-state index in [0.717, 1.165) is 11.0 Å². The minimum Gasteiger partial charge on any atom is -0.131 e. The van der Waals surface area contributed by atoms with Crippen LogP contribution in [-0.2, 0) is 0 Å². The highest BCUT2D eigenvalue weighted by Crippen LogP contribution is 1.72. The summed E-state index contributed by atoms with van der Waals surface area (Å²) in [7, 11) is -0.0370. The lowest BCUT2D eigenvalue weighted by Crippen LogP contribution is -1.90. The minimum atomic E-state index is -0.0370. The van der Waals surface area contributed by atoms with Crippen molar-refractivity contribution in [2.24, 2.45) is 0 Å². The summed E-state index contributed by atoms with van der Waals surface area (Å²) in [5, 5.41) is 0. The van der Waals surface area contributed by atoms with Crippen LogP contribution in [0.5, 0.6) is 0 Å². The van der Waals surface area contributed by atoms with E-state index in [2.05, 4.69) is 0 Å². The Morgan fingerprint density at radius 2 is 1.60 bits per heavy atom. The molecule has 0 saturated heterocycles. The molecule has 0 saturated carbocycles. The van der Waals surface area contributed by atoms with E-state index in [4.69, 9.17) is 23.2 Å². The number of hydrogen-bond acceptors (Lipinski definition) is 0. The fourth-order valence-corrected chi connectivity index (χ4v) is 1.36. The van der Waals surface area contributed by atoms with Gasteiger partial charge in [0.05, 0.1) is 9.52 Å². The quantitative estimate of drug-likeness (QED) is 0.377. The number of alkyl halides is 2. The van der Waals surface area contributed by atoms with Gasteiger partial charge in [-0.15, -0.1) is 23.2 Å². The summed E-state index contributed by atoms with van der Waals surface area (Å²) in [6.45, 7) is 0. The molecule has 0 unspecified atom stereocenters. The van der Waals surface area contributed by atoms with Crippen molar-refractivity contribution in [3.8, 4) is 0 Å².